The molecule has 6 heteroatoms. The molecule has 0 aliphatic heterocycles. The van der Waals surface area contributed by atoms with Gasteiger partial charge in [0.05, 0.1) is 12.6 Å². The molecule has 2 N–H and O–H groups in total. The van der Waals surface area contributed by atoms with E-state index in [0.29, 0.717) is 6.54 Å². The maximum Gasteiger partial charge on any atom is 0.320 e. The molecule has 24 heavy (non-hydrogen) atoms. The van der Waals surface area contributed by atoms with Gasteiger partial charge in [-0.1, -0.05) is 30.3 Å². The third-order valence-electron chi connectivity index (χ3n) is 4.50. The maximum atomic E-state index is 12.3. The predicted octanol–water partition coefficient (Wildman–Crippen LogP) is 1.34. The second kappa shape index (κ2) is 8.26. The molecule has 1 amide bonds. The van der Waals surface area contributed by atoms with E-state index in [-0.39, 0.29) is 24.5 Å². The minimum Gasteiger partial charge on any atom is -0.480 e. The van der Waals surface area contributed by atoms with E-state index in [9.17, 15) is 14.7 Å². The zero-order chi connectivity index (χ0) is 17.7. The van der Waals surface area contributed by atoms with E-state index in [4.69, 9.17) is 0 Å². The maximum absolute atomic E-state index is 12.3. The van der Waals surface area contributed by atoms with Crippen molar-refractivity contribution in [1.82, 2.24) is 15.1 Å². The van der Waals surface area contributed by atoms with Crippen LogP contribution in [0.1, 0.15) is 31.4 Å². The average molecular weight is 333 g/mol. The van der Waals surface area contributed by atoms with E-state index in [1.165, 1.54) is 0 Å². The number of hydrogen-bond acceptors (Lipinski definition) is 4. The SMILES string of the molecule is CC(C(=O)O)N(CC(=O)NCC(c1ccccc1)N(C)C)C1CC1. The lowest BCUT2D eigenvalue weighted by Crippen LogP contribution is -2.47. The van der Waals surface area contributed by atoms with Crippen molar-refractivity contribution in [2.75, 3.05) is 27.2 Å². The zero-order valence-electron chi connectivity index (χ0n) is 14.6. The Bertz CT molecular complexity index is 558. The molecule has 2 atom stereocenters. The van der Waals surface area contributed by atoms with E-state index in [1.807, 2.05) is 44.4 Å². The molecule has 132 valence electrons. The predicted molar refractivity (Wildman–Crippen MR) is 92.7 cm³/mol. The van der Waals surface area contributed by atoms with Crippen LogP contribution in [0.4, 0.5) is 0 Å². The number of carbonyl (C=O) groups is 2. The first-order valence-electron chi connectivity index (χ1n) is 8.36. The van der Waals surface area contributed by atoms with Gasteiger partial charge in [0, 0.05) is 12.6 Å². The van der Waals surface area contributed by atoms with Crippen LogP contribution in [-0.2, 0) is 9.59 Å². The number of likely N-dealkylation sites (N-methyl/N-ethyl adjacent to an activating group) is 1. The number of nitrogens with zero attached hydrogens (tertiary/aromatic N) is 2. The van der Waals surface area contributed by atoms with Gasteiger partial charge < -0.3 is 15.3 Å². The Morgan fingerprint density at radius 2 is 1.88 bits per heavy atom. The van der Waals surface area contributed by atoms with Crippen molar-refractivity contribution in [2.24, 2.45) is 0 Å². The topological polar surface area (TPSA) is 72.9 Å². The number of benzene rings is 1. The van der Waals surface area contributed by atoms with Gasteiger partial charge in [0.1, 0.15) is 6.04 Å². The normalized spacial score (nSPS) is 16.9. The highest BCUT2D eigenvalue weighted by atomic mass is 16.4. The molecular formula is C18H27N3O3. The third-order valence-corrected chi connectivity index (χ3v) is 4.50. The highest BCUT2D eigenvalue weighted by Gasteiger charge is 2.36. The van der Waals surface area contributed by atoms with E-state index < -0.39 is 12.0 Å². The highest BCUT2D eigenvalue weighted by molar-refractivity contribution is 5.80. The van der Waals surface area contributed by atoms with Gasteiger partial charge in [0.15, 0.2) is 0 Å². The Balaban J connectivity index is 1.92. The van der Waals surface area contributed by atoms with Gasteiger partial charge in [-0.15, -0.1) is 0 Å². The number of aliphatic carboxylic acids is 1. The fraction of sp³-hybridized carbons (Fsp3) is 0.556. The number of carboxylic acid groups (broad SMARTS) is 1. The van der Waals surface area contributed by atoms with Crippen LogP contribution in [0.25, 0.3) is 0 Å². The van der Waals surface area contributed by atoms with Crippen molar-refractivity contribution in [1.29, 1.82) is 0 Å². The van der Waals surface area contributed by atoms with Crippen molar-refractivity contribution in [3.05, 3.63) is 35.9 Å². The lowest BCUT2D eigenvalue weighted by Gasteiger charge is -2.27. The Labute approximate surface area is 143 Å². The summed E-state index contributed by atoms with van der Waals surface area (Å²) in [7, 11) is 3.96. The molecule has 0 radical (unpaired) electrons. The fourth-order valence-corrected chi connectivity index (χ4v) is 2.84. The highest BCUT2D eigenvalue weighted by Crippen LogP contribution is 2.28. The van der Waals surface area contributed by atoms with Gasteiger partial charge in [0.25, 0.3) is 0 Å². The van der Waals surface area contributed by atoms with Gasteiger partial charge >= 0.3 is 5.97 Å². The second-order valence-corrected chi connectivity index (χ2v) is 6.61. The molecular weight excluding hydrogens is 306 g/mol. The van der Waals surface area contributed by atoms with Crippen LogP contribution < -0.4 is 5.32 Å². The summed E-state index contributed by atoms with van der Waals surface area (Å²) in [4.78, 5) is 27.4. The molecule has 1 aromatic carbocycles. The van der Waals surface area contributed by atoms with Crippen LogP contribution in [0.3, 0.4) is 0 Å². The molecule has 1 aliphatic rings. The zero-order valence-corrected chi connectivity index (χ0v) is 14.6. The van der Waals surface area contributed by atoms with Crippen molar-refractivity contribution in [3.63, 3.8) is 0 Å². The first-order chi connectivity index (χ1) is 11.4. The fourth-order valence-electron chi connectivity index (χ4n) is 2.84. The Hall–Kier alpha value is -1.92. The molecule has 0 aromatic heterocycles. The van der Waals surface area contributed by atoms with E-state index >= 15 is 0 Å². The van der Waals surface area contributed by atoms with E-state index in [0.717, 1.165) is 18.4 Å². The molecule has 0 heterocycles. The average Bonchev–Trinajstić information content (AvgIpc) is 3.37. The summed E-state index contributed by atoms with van der Waals surface area (Å²) >= 11 is 0. The van der Waals surface area contributed by atoms with Gasteiger partial charge in [-0.05, 0) is 39.4 Å². The first kappa shape index (κ1) is 18.4. The number of carbonyl (C=O) groups excluding carboxylic acids is 1. The number of amides is 1. The summed E-state index contributed by atoms with van der Waals surface area (Å²) in [6, 6.07) is 9.69. The lowest BCUT2D eigenvalue weighted by atomic mass is 10.1. The van der Waals surface area contributed by atoms with E-state index in [2.05, 4.69) is 10.2 Å². The summed E-state index contributed by atoms with van der Waals surface area (Å²) in [6.45, 7) is 2.27. The Kier molecular flexibility index (Phi) is 6.34. The summed E-state index contributed by atoms with van der Waals surface area (Å²) in [5.74, 6) is -1.01. The molecule has 0 bridgehead atoms. The van der Waals surface area contributed by atoms with Crippen molar-refractivity contribution in [3.8, 4) is 0 Å². The lowest BCUT2D eigenvalue weighted by molar-refractivity contribution is -0.143. The Morgan fingerprint density at radius 1 is 1.25 bits per heavy atom. The number of nitrogens with one attached hydrogen (secondary N) is 1. The molecule has 1 aromatic rings. The molecule has 2 unspecified atom stereocenters. The number of carboxylic acids is 1. The van der Waals surface area contributed by atoms with Crippen LogP contribution >= 0.6 is 0 Å². The monoisotopic (exact) mass is 333 g/mol. The molecule has 0 saturated heterocycles. The van der Waals surface area contributed by atoms with Crippen LogP contribution in [0.2, 0.25) is 0 Å². The Morgan fingerprint density at radius 3 is 2.38 bits per heavy atom. The second-order valence-electron chi connectivity index (χ2n) is 6.61. The number of rotatable bonds is 9. The quantitative estimate of drug-likeness (QED) is 0.713. The minimum atomic E-state index is -0.884. The van der Waals surface area contributed by atoms with Crippen LogP contribution in [0.15, 0.2) is 30.3 Å². The first-order valence-corrected chi connectivity index (χ1v) is 8.36. The summed E-state index contributed by atoms with van der Waals surface area (Å²) in [5, 5.41) is 12.2. The standard InChI is InChI=1S/C18H27N3O3/c1-13(18(23)24)21(15-9-10-15)12-17(22)19-11-16(20(2)3)14-7-5-4-6-8-14/h4-8,13,15-16H,9-12H2,1-3H3,(H,19,22)(H,23,24). The molecule has 1 fully saturated rings. The van der Waals surface area contributed by atoms with Crippen LogP contribution in [0, 0.1) is 0 Å². The molecule has 1 aliphatic carbocycles. The van der Waals surface area contributed by atoms with Crippen molar-refractivity contribution in [2.45, 2.75) is 37.9 Å². The van der Waals surface area contributed by atoms with E-state index in [1.54, 1.807) is 11.8 Å². The van der Waals surface area contributed by atoms with Gasteiger partial charge in [0.2, 0.25) is 5.91 Å². The summed E-state index contributed by atoms with van der Waals surface area (Å²) in [5.41, 5.74) is 1.14. The smallest absolute Gasteiger partial charge is 0.320 e. The third kappa shape index (κ3) is 5.04. The van der Waals surface area contributed by atoms with Crippen molar-refractivity contribution < 1.29 is 14.7 Å². The largest absolute Gasteiger partial charge is 0.480 e. The van der Waals surface area contributed by atoms with Crippen LogP contribution in [0.5, 0.6) is 0 Å². The van der Waals surface area contributed by atoms with Crippen LogP contribution in [-0.4, -0.2) is 66.1 Å². The molecule has 0 spiro atoms. The molecule has 2 rings (SSSR count). The minimum absolute atomic E-state index is 0.0847. The number of hydrogen-bond donors (Lipinski definition) is 2. The molecule has 6 nitrogen and oxygen atoms in total. The molecule has 1 saturated carbocycles. The van der Waals surface area contributed by atoms with Crippen molar-refractivity contribution >= 4 is 11.9 Å². The van der Waals surface area contributed by atoms with Gasteiger partial charge in [-0.2, -0.15) is 0 Å². The van der Waals surface area contributed by atoms with Gasteiger partial charge in [-0.25, -0.2) is 0 Å². The summed E-state index contributed by atoms with van der Waals surface area (Å²) < 4.78 is 0. The summed E-state index contributed by atoms with van der Waals surface area (Å²) in [6.07, 6.45) is 1.93. The van der Waals surface area contributed by atoms with Gasteiger partial charge in [-0.3, -0.25) is 14.5 Å².